The molecule has 1 aromatic carbocycles. The Kier molecular flexibility index (Phi) is 5.89. The van der Waals surface area contributed by atoms with Crippen molar-refractivity contribution >= 4 is 27.5 Å². The van der Waals surface area contributed by atoms with E-state index >= 15 is 0 Å². The highest BCUT2D eigenvalue weighted by Crippen LogP contribution is 2.28. The van der Waals surface area contributed by atoms with Crippen molar-refractivity contribution in [3.63, 3.8) is 0 Å². The second kappa shape index (κ2) is 6.71. The van der Waals surface area contributed by atoms with Gasteiger partial charge in [-0.1, -0.05) is 17.7 Å². The quantitative estimate of drug-likeness (QED) is 0.876. The van der Waals surface area contributed by atoms with Crippen molar-refractivity contribution < 1.29 is 9.84 Å². The van der Waals surface area contributed by atoms with Gasteiger partial charge < -0.3 is 15.6 Å². The molecule has 5 heteroatoms. The zero-order chi connectivity index (χ0) is 13.0. The van der Waals surface area contributed by atoms with Gasteiger partial charge in [0.25, 0.3) is 0 Å². The predicted molar refractivity (Wildman–Crippen MR) is 73.2 cm³/mol. The second-order valence-electron chi connectivity index (χ2n) is 3.98. The first-order chi connectivity index (χ1) is 7.95. The first-order valence-corrected chi connectivity index (χ1v) is 6.61. The molecule has 0 aliphatic carbocycles. The Morgan fingerprint density at radius 2 is 2.12 bits per heavy atom. The van der Waals surface area contributed by atoms with E-state index in [0.717, 1.165) is 10.0 Å². The Labute approximate surface area is 115 Å². The molecule has 96 valence electrons. The first kappa shape index (κ1) is 14.9. The number of nitrogens with two attached hydrogens (primary N) is 1. The van der Waals surface area contributed by atoms with Crippen LogP contribution in [0, 0.1) is 0 Å². The molecule has 0 spiro atoms. The summed E-state index contributed by atoms with van der Waals surface area (Å²) in [6.45, 7) is 3.84. The third-order valence-electron chi connectivity index (χ3n) is 2.59. The zero-order valence-electron chi connectivity index (χ0n) is 9.86. The van der Waals surface area contributed by atoms with E-state index in [9.17, 15) is 5.11 Å². The number of hydrogen-bond acceptors (Lipinski definition) is 3. The maximum Gasteiger partial charge on any atom is 0.0952 e. The minimum Gasteiger partial charge on any atom is -0.391 e. The van der Waals surface area contributed by atoms with Gasteiger partial charge in [0.05, 0.1) is 23.3 Å². The Balaban J connectivity index is 2.82. The largest absolute Gasteiger partial charge is 0.391 e. The molecule has 0 heterocycles. The summed E-state index contributed by atoms with van der Waals surface area (Å²) in [6, 6.07) is 5.58. The smallest absolute Gasteiger partial charge is 0.0952 e. The van der Waals surface area contributed by atoms with Gasteiger partial charge in [0.1, 0.15) is 0 Å². The molecule has 3 unspecified atom stereocenters. The molecule has 0 aromatic heterocycles. The number of hydrogen-bond donors (Lipinski definition) is 2. The first-order valence-electron chi connectivity index (χ1n) is 5.44. The van der Waals surface area contributed by atoms with Crippen LogP contribution in [0.2, 0.25) is 5.02 Å². The highest BCUT2D eigenvalue weighted by atomic mass is 79.9. The van der Waals surface area contributed by atoms with Gasteiger partial charge in [-0.15, -0.1) is 0 Å². The van der Waals surface area contributed by atoms with Crippen LogP contribution in [0.25, 0.3) is 0 Å². The summed E-state index contributed by atoms with van der Waals surface area (Å²) >= 11 is 9.35. The Morgan fingerprint density at radius 3 is 2.59 bits per heavy atom. The van der Waals surface area contributed by atoms with Crippen molar-refractivity contribution in [3.8, 4) is 0 Å². The van der Waals surface area contributed by atoms with Crippen LogP contribution in [0.1, 0.15) is 25.5 Å². The van der Waals surface area contributed by atoms with E-state index in [0.29, 0.717) is 11.6 Å². The lowest BCUT2D eigenvalue weighted by molar-refractivity contribution is -0.0591. The van der Waals surface area contributed by atoms with E-state index in [1.807, 2.05) is 25.1 Å². The monoisotopic (exact) mass is 321 g/mol. The minimum absolute atomic E-state index is 0.259. The van der Waals surface area contributed by atoms with Crippen molar-refractivity contribution in [2.45, 2.75) is 32.2 Å². The van der Waals surface area contributed by atoms with E-state index < -0.39 is 6.10 Å². The Morgan fingerprint density at radius 1 is 1.47 bits per heavy atom. The fourth-order valence-corrected chi connectivity index (χ4v) is 1.79. The van der Waals surface area contributed by atoms with Crippen LogP contribution < -0.4 is 5.73 Å². The number of aliphatic hydroxyl groups is 1. The van der Waals surface area contributed by atoms with E-state index in [1.54, 1.807) is 6.92 Å². The minimum atomic E-state index is -0.532. The summed E-state index contributed by atoms with van der Waals surface area (Å²) in [5.74, 6) is 0. The lowest BCUT2D eigenvalue weighted by atomic mass is 10.1. The molecule has 3 N–H and O–H groups in total. The van der Waals surface area contributed by atoms with Crippen LogP contribution in [0.15, 0.2) is 22.7 Å². The summed E-state index contributed by atoms with van der Waals surface area (Å²) in [5, 5.41) is 10.0. The molecule has 0 fully saturated rings. The normalized spacial score (nSPS) is 16.6. The highest BCUT2D eigenvalue weighted by Gasteiger charge is 2.18. The Bertz CT molecular complexity index is 374. The van der Waals surface area contributed by atoms with Gasteiger partial charge in [-0.3, -0.25) is 0 Å². The van der Waals surface area contributed by atoms with Crippen LogP contribution in [0.3, 0.4) is 0 Å². The summed E-state index contributed by atoms with van der Waals surface area (Å²) in [6.07, 6.45) is -1.06. The summed E-state index contributed by atoms with van der Waals surface area (Å²) in [4.78, 5) is 0. The molecule has 1 aromatic rings. The van der Waals surface area contributed by atoms with Crippen molar-refractivity contribution in [2.24, 2.45) is 5.73 Å². The fourth-order valence-electron chi connectivity index (χ4n) is 1.36. The molecule has 0 amide bonds. The highest BCUT2D eigenvalue weighted by molar-refractivity contribution is 9.10. The van der Waals surface area contributed by atoms with Gasteiger partial charge in [0.15, 0.2) is 0 Å². The molecule has 0 radical (unpaired) electrons. The number of aliphatic hydroxyl groups excluding tert-OH is 1. The molecule has 0 saturated carbocycles. The maximum atomic E-state index is 9.41. The standard InChI is InChI=1S/C12H17BrClNO2/c1-7(16)8(2)17-12(6-15)9-3-4-10(13)11(14)5-9/h3-5,7-8,12,16H,6,15H2,1-2H3. The second-order valence-corrected chi connectivity index (χ2v) is 5.24. The van der Waals surface area contributed by atoms with Gasteiger partial charge in [0.2, 0.25) is 0 Å². The van der Waals surface area contributed by atoms with Crippen LogP contribution in [0.4, 0.5) is 0 Å². The van der Waals surface area contributed by atoms with Gasteiger partial charge in [-0.05, 0) is 47.5 Å². The lowest BCUT2D eigenvalue weighted by Gasteiger charge is -2.23. The SMILES string of the molecule is CC(O)C(C)OC(CN)c1ccc(Br)c(Cl)c1. The molecule has 0 aliphatic heterocycles. The number of benzene rings is 1. The summed E-state index contributed by atoms with van der Waals surface area (Å²) < 4.78 is 6.53. The topological polar surface area (TPSA) is 55.5 Å². The maximum absolute atomic E-state index is 9.41. The van der Waals surface area contributed by atoms with Crippen LogP contribution in [-0.4, -0.2) is 23.9 Å². The van der Waals surface area contributed by atoms with E-state index in [2.05, 4.69) is 15.9 Å². The molecular formula is C12H17BrClNO2. The van der Waals surface area contributed by atoms with Crippen molar-refractivity contribution in [2.75, 3.05) is 6.54 Å². The molecule has 1 rings (SSSR count). The number of halogens is 2. The molecule has 0 bridgehead atoms. The molecule has 3 atom stereocenters. The zero-order valence-corrected chi connectivity index (χ0v) is 12.2. The third-order valence-corrected chi connectivity index (χ3v) is 3.82. The number of rotatable bonds is 5. The number of ether oxygens (including phenoxy) is 1. The fraction of sp³-hybridized carbons (Fsp3) is 0.500. The van der Waals surface area contributed by atoms with E-state index in [4.69, 9.17) is 22.1 Å². The summed E-state index contributed by atoms with van der Waals surface area (Å²) in [7, 11) is 0. The van der Waals surface area contributed by atoms with Gasteiger partial charge in [-0.25, -0.2) is 0 Å². The van der Waals surface area contributed by atoms with Gasteiger partial charge in [0, 0.05) is 11.0 Å². The average molecular weight is 323 g/mol. The van der Waals surface area contributed by atoms with Crippen LogP contribution in [0.5, 0.6) is 0 Å². The summed E-state index contributed by atoms with van der Waals surface area (Å²) in [5.41, 5.74) is 6.59. The third kappa shape index (κ3) is 4.23. The lowest BCUT2D eigenvalue weighted by Crippen LogP contribution is -2.28. The molecule has 17 heavy (non-hydrogen) atoms. The van der Waals surface area contributed by atoms with Gasteiger partial charge >= 0.3 is 0 Å². The van der Waals surface area contributed by atoms with Crippen LogP contribution in [-0.2, 0) is 4.74 Å². The van der Waals surface area contributed by atoms with Gasteiger partial charge in [-0.2, -0.15) is 0 Å². The van der Waals surface area contributed by atoms with E-state index in [-0.39, 0.29) is 12.2 Å². The van der Waals surface area contributed by atoms with Crippen LogP contribution >= 0.6 is 27.5 Å². The molecular weight excluding hydrogens is 305 g/mol. The van der Waals surface area contributed by atoms with Crippen molar-refractivity contribution in [1.82, 2.24) is 0 Å². The molecule has 3 nitrogen and oxygen atoms in total. The molecule has 0 saturated heterocycles. The van der Waals surface area contributed by atoms with Crippen molar-refractivity contribution in [1.29, 1.82) is 0 Å². The average Bonchev–Trinajstić information content (AvgIpc) is 2.29. The van der Waals surface area contributed by atoms with Crippen molar-refractivity contribution in [3.05, 3.63) is 33.3 Å². The van der Waals surface area contributed by atoms with E-state index in [1.165, 1.54) is 0 Å². The Hall–Kier alpha value is -0.130. The predicted octanol–water partition coefficient (Wildman–Crippen LogP) is 2.89. The molecule has 0 aliphatic rings.